The van der Waals surface area contributed by atoms with Crippen LogP contribution in [0.2, 0.25) is 0 Å². The summed E-state index contributed by atoms with van der Waals surface area (Å²) in [7, 11) is 0. The molecule has 0 aliphatic carbocycles. The van der Waals surface area contributed by atoms with Gasteiger partial charge in [0, 0.05) is 24.6 Å². The van der Waals surface area contributed by atoms with Crippen molar-refractivity contribution in [2.75, 3.05) is 31.5 Å². The lowest BCUT2D eigenvalue weighted by Crippen LogP contribution is -2.33. The van der Waals surface area contributed by atoms with Crippen LogP contribution >= 0.6 is 11.5 Å². The van der Waals surface area contributed by atoms with Crippen LogP contribution in [0.15, 0.2) is 0 Å². The maximum Gasteiger partial charge on any atom is 0.202 e. The van der Waals surface area contributed by atoms with Gasteiger partial charge in [-0.15, -0.1) is 0 Å². The Hall–Kier alpha value is -0.680. The van der Waals surface area contributed by atoms with E-state index in [4.69, 9.17) is 0 Å². The molecule has 1 aromatic rings. The fourth-order valence-corrected chi connectivity index (χ4v) is 2.47. The van der Waals surface area contributed by atoms with Crippen LogP contribution in [0.25, 0.3) is 0 Å². The molecule has 1 saturated heterocycles. The predicted molar refractivity (Wildman–Crippen MR) is 63.4 cm³/mol. The molecule has 1 aromatic heterocycles. The molecule has 5 heteroatoms. The average Bonchev–Trinajstić information content (AvgIpc) is 2.66. The van der Waals surface area contributed by atoms with Crippen molar-refractivity contribution in [3.05, 3.63) is 5.82 Å². The molecule has 4 nitrogen and oxygen atoms in total. The molecular formula is C10H18N4S. The zero-order valence-electron chi connectivity index (χ0n) is 9.20. The lowest BCUT2D eigenvalue weighted by atomic mass is 10.1. The van der Waals surface area contributed by atoms with E-state index in [1.54, 1.807) is 0 Å². The summed E-state index contributed by atoms with van der Waals surface area (Å²) in [6, 6.07) is 0. The summed E-state index contributed by atoms with van der Waals surface area (Å²) in [5, 5.41) is 4.26. The molecule has 84 valence electrons. The second-order valence-corrected chi connectivity index (χ2v) is 4.73. The maximum absolute atomic E-state index is 4.27. The third kappa shape index (κ3) is 3.43. The fraction of sp³-hybridized carbons (Fsp3) is 0.800. The van der Waals surface area contributed by atoms with Crippen LogP contribution in [0.5, 0.6) is 0 Å². The Bertz CT molecular complexity index is 293. The van der Waals surface area contributed by atoms with Crippen LogP contribution < -0.4 is 5.32 Å². The fourth-order valence-electron chi connectivity index (χ4n) is 1.87. The number of aromatic nitrogens is 2. The molecule has 0 amide bonds. The number of piperidine rings is 1. The van der Waals surface area contributed by atoms with E-state index < -0.39 is 0 Å². The zero-order valence-corrected chi connectivity index (χ0v) is 10.0. The highest BCUT2D eigenvalue weighted by atomic mass is 32.1. The van der Waals surface area contributed by atoms with Crippen molar-refractivity contribution in [1.29, 1.82) is 0 Å². The molecule has 0 bridgehead atoms. The molecule has 0 saturated carbocycles. The first kappa shape index (κ1) is 10.8. The maximum atomic E-state index is 4.27. The standard InChI is InChI=1S/C10H18N4S/c1-9-12-10(15-13-9)11-5-8-14-6-3-2-4-7-14/h2-8H2,1H3,(H,11,12,13). The highest BCUT2D eigenvalue weighted by molar-refractivity contribution is 7.09. The van der Waals surface area contributed by atoms with E-state index in [-0.39, 0.29) is 0 Å². The van der Waals surface area contributed by atoms with Crippen molar-refractivity contribution >= 4 is 16.7 Å². The molecule has 1 aliphatic rings. The Morgan fingerprint density at radius 2 is 2.13 bits per heavy atom. The Kier molecular flexibility index (Phi) is 3.91. The highest BCUT2D eigenvalue weighted by Crippen LogP contribution is 2.10. The highest BCUT2D eigenvalue weighted by Gasteiger charge is 2.09. The lowest BCUT2D eigenvalue weighted by molar-refractivity contribution is 0.237. The van der Waals surface area contributed by atoms with E-state index in [1.165, 1.54) is 43.9 Å². The SMILES string of the molecule is Cc1nsc(NCCN2CCCCC2)n1. The van der Waals surface area contributed by atoms with Gasteiger partial charge in [0.25, 0.3) is 0 Å². The molecule has 0 spiro atoms. The molecule has 2 rings (SSSR count). The van der Waals surface area contributed by atoms with Gasteiger partial charge in [0.05, 0.1) is 0 Å². The number of likely N-dealkylation sites (tertiary alicyclic amines) is 1. The minimum Gasteiger partial charge on any atom is -0.359 e. The second-order valence-electron chi connectivity index (χ2n) is 3.98. The Morgan fingerprint density at radius 1 is 1.33 bits per heavy atom. The third-order valence-electron chi connectivity index (χ3n) is 2.68. The van der Waals surface area contributed by atoms with Crippen LogP contribution in [-0.2, 0) is 0 Å². The third-order valence-corrected chi connectivity index (χ3v) is 3.44. The van der Waals surface area contributed by atoms with Crippen LogP contribution in [0.3, 0.4) is 0 Å². The first-order valence-corrected chi connectivity index (χ1v) is 6.38. The molecular weight excluding hydrogens is 208 g/mol. The quantitative estimate of drug-likeness (QED) is 0.849. The van der Waals surface area contributed by atoms with Gasteiger partial charge in [-0.3, -0.25) is 0 Å². The molecule has 0 unspecified atom stereocenters. The van der Waals surface area contributed by atoms with E-state index in [0.29, 0.717) is 0 Å². The van der Waals surface area contributed by atoms with Gasteiger partial charge < -0.3 is 10.2 Å². The van der Waals surface area contributed by atoms with E-state index in [0.717, 1.165) is 24.0 Å². The molecule has 1 N–H and O–H groups in total. The molecule has 0 aromatic carbocycles. The van der Waals surface area contributed by atoms with Crippen LogP contribution in [0.4, 0.5) is 5.13 Å². The molecule has 0 radical (unpaired) electrons. The smallest absolute Gasteiger partial charge is 0.202 e. The van der Waals surface area contributed by atoms with Crippen LogP contribution in [0, 0.1) is 6.92 Å². The van der Waals surface area contributed by atoms with Gasteiger partial charge in [0.2, 0.25) is 5.13 Å². The molecule has 15 heavy (non-hydrogen) atoms. The van der Waals surface area contributed by atoms with E-state index in [2.05, 4.69) is 19.6 Å². The van der Waals surface area contributed by atoms with Crippen molar-refractivity contribution in [1.82, 2.24) is 14.3 Å². The summed E-state index contributed by atoms with van der Waals surface area (Å²) in [4.78, 5) is 6.79. The number of anilines is 1. The first-order chi connectivity index (χ1) is 7.34. The van der Waals surface area contributed by atoms with E-state index in [1.807, 2.05) is 6.92 Å². The van der Waals surface area contributed by atoms with Gasteiger partial charge in [-0.1, -0.05) is 6.42 Å². The minimum absolute atomic E-state index is 0.862. The summed E-state index contributed by atoms with van der Waals surface area (Å²) in [5.41, 5.74) is 0. The summed E-state index contributed by atoms with van der Waals surface area (Å²) in [6.07, 6.45) is 4.12. The summed E-state index contributed by atoms with van der Waals surface area (Å²) in [5.74, 6) is 0.862. The first-order valence-electron chi connectivity index (χ1n) is 5.61. The molecule has 1 aliphatic heterocycles. The number of nitrogens with zero attached hydrogens (tertiary/aromatic N) is 3. The van der Waals surface area contributed by atoms with Crippen LogP contribution in [-0.4, -0.2) is 40.4 Å². The monoisotopic (exact) mass is 226 g/mol. The summed E-state index contributed by atoms with van der Waals surface area (Å²) < 4.78 is 4.14. The number of nitrogens with one attached hydrogen (secondary N) is 1. The largest absolute Gasteiger partial charge is 0.359 e. The molecule has 0 atom stereocenters. The average molecular weight is 226 g/mol. The second kappa shape index (κ2) is 5.42. The van der Waals surface area contributed by atoms with Crippen LogP contribution in [0.1, 0.15) is 25.1 Å². The summed E-state index contributed by atoms with van der Waals surface area (Å²) >= 11 is 1.45. The minimum atomic E-state index is 0.862. The Labute approximate surface area is 94.9 Å². The molecule has 1 fully saturated rings. The number of aryl methyl sites for hydroxylation is 1. The van der Waals surface area contributed by atoms with Gasteiger partial charge in [-0.05, 0) is 32.9 Å². The predicted octanol–water partition coefficient (Wildman–Crippen LogP) is 1.74. The van der Waals surface area contributed by atoms with E-state index in [9.17, 15) is 0 Å². The Morgan fingerprint density at radius 3 is 2.80 bits per heavy atom. The topological polar surface area (TPSA) is 41.1 Å². The summed E-state index contributed by atoms with van der Waals surface area (Å²) in [6.45, 7) is 6.55. The molecule has 2 heterocycles. The van der Waals surface area contributed by atoms with Gasteiger partial charge in [0.1, 0.15) is 5.82 Å². The Balaban J connectivity index is 1.65. The van der Waals surface area contributed by atoms with Crippen molar-refractivity contribution < 1.29 is 0 Å². The van der Waals surface area contributed by atoms with Crippen molar-refractivity contribution in [3.63, 3.8) is 0 Å². The van der Waals surface area contributed by atoms with Crippen molar-refractivity contribution in [2.45, 2.75) is 26.2 Å². The normalized spacial score (nSPS) is 17.9. The zero-order chi connectivity index (χ0) is 10.5. The van der Waals surface area contributed by atoms with Gasteiger partial charge in [-0.2, -0.15) is 4.37 Å². The van der Waals surface area contributed by atoms with Crippen molar-refractivity contribution in [2.24, 2.45) is 0 Å². The number of hydrogen-bond acceptors (Lipinski definition) is 5. The lowest BCUT2D eigenvalue weighted by Gasteiger charge is -2.26. The van der Waals surface area contributed by atoms with Gasteiger partial charge in [-0.25, -0.2) is 4.98 Å². The van der Waals surface area contributed by atoms with Crippen molar-refractivity contribution in [3.8, 4) is 0 Å². The van der Waals surface area contributed by atoms with Gasteiger partial charge >= 0.3 is 0 Å². The number of hydrogen-bond donors (Lipinski definition) is 1. The van der Waals surface area contributed by atoms with E-state index >= 15 is 0 Å². The number of rotatable bonds is 4. The van der Waals surface area contributed by atoms with Gasteiger partial charge in [0.15, 0.2) is 0 Å².